The number of hydrogen-bond donors (Lipinski definition) is 1. The fourth-order valence-electron chi connectivity index (χ4n) is 2.06. The standard InChI is InChI=1S/C12H16N6O2/c1-8-4-14-10(9(2)12(8)18(19)20)6-17-11(5-13-3)15-7-16-17/h4,7,13H,5-6H2,1-3H3. The van der Waals surface area contributed by atoms with Crippen molar-refractivity contribution in [3.8, 4) is 0 Å². The minimum atomic E-state index is -0.369. The zero-order chi connectivity index (χ0) is 14.7. The van der Waals surface area contributed by atoms with Crippen LogP contribution in [0.5, 0.6) is 0 Å². The van der Waals surface area contributed by atoms with Crippen molar-refractivity contribution in [1.82, 2.24) is 25.1 Å². The van der Waals surface area contributed by atoms with Crippen molar-refractivity contribution in [2.75, 3.05) is 7.05 Å². The van der Waals surface area contributed by atoms with Gasteiger partial charge in [-0.25, -0.2) is 9.67 Å². The van der Waals surface area contributed by atoms with E-state index in [0.717, 1.165) is 5.82 Å². The molecule has 1 N–H and O–H groups in total. The van der Waals surface area contributed by atoms with E-state index in [1.165, 1.54) is 12.5 Å². The fourth-order valence-corrected chi connectivity index (χ4v) is 2.06. The quantitative estimate of drug-likeness (QED) is 0.645. The maximum Gasteiger partial charge on any atom is 0.278 e. The molecule has 0 unspecified atom stereocenters. The minimum absolute atomic E-state index is 0.116. The monoisotopic (exact) mass is 276 g/mol. The Morgan fingerprint density at radius 1 is 1.40 bits per heavy atom. The van der Waals surface area contributed by atoms with Gasteiger partial charge < -0.3 is 5.32 Å². The molecule has 8 heteroatoms. The summed E-state index contributed by atoms with van der Waals surface area (Å²) >= 11 is 0. The van der Waals surface area contributed by atoms with Gasteiger partial charge in [0.05, 0.1) is 29.3 Å². The third-order valence-corrected chi connectivity index (χ3v) is 3.09. The molecule has 0 saturated carbocycles. The smallest absolute Gasteiger partial charge is 0.278 e. The van der Waals surface area contributed by atoms with Crippen LogP contribution in [0.1, 0.15) is 22.6 Å². The first-order chi connectivity index (χ1) is 9.54. The van der Waals surface area contributed by atoms with Gasteiger partial charge in [0.25, 0.3) is 5.69 Å². The van der Waals surface area contributed by atoms with Crippen LogP contribution in [-0.2, 0) is 13.1 Å². The van der Waals surface area contributed by atoms with E-state index in [0.29, 0.717) is 29.9 Å². The molecule has 0 amide bonds. The topological polar surface area (TPSA) is 98.8 Å². The second-order valence-corrected chi connectivity index (χ2v) is 4.48. The minimum Gasteiger partial charge on any atom is -0.313 e. The first-order valence-electron chi connectivity index (χ1n) is 6.15. The van der Waals surface area contributed by atoms with E-state index in [4.69, 9.17) is 0 Å². The van der Waals surface area contributed by atoms with E-state index in [2.05, 4.69) is 20.4 Å². The summed E-state index contributed by atoms with van der Waals surface area (Å²) in [5, 5.41) is 18.2. The van der Waals surface area contributed by atoms with Crippen LogP contribution in [0.4, 0.5) is 5.69 Å². The summed E-state index contributed by atoms with van der Waals surface area (Å²) in [6, 6.07) is 0. The Balaban J connectivity index is 2.37. The molecule has 0 aliphatic heterocycles. The molecule has 0 spiro atoms. The zero-order valence-electron chi connectivity index (χ0n) is 11.6. The number of nitrogens with one attached hydrogen (secondary N) is 1. The van der Waals surface area contributed by atoms with Crippen LogP contribution in [0.3, 0.4) is 0 Å². The molecular weight excluding hydrogens is 260 g/mol. The zero-order valence-corrected chi connectivity index (χ0v) is 11.6. The van der Waals surface area contributed by atoms with Crippen LogP contribution in [0.25, 0.3) is 0 Å². The Hall–Kier alpha value is -2.35. The second kappa shape index (κ2) is 5.74. The van der Waals surface area contributed by atoms with Crippen LogP contribution < -0.4 is 5.32 Å². The number of nitrogens with zero attached hydrogens (tertiary/aromatic N) is 5. The lowest BCUT2D eigenvalue weighted by Crippen LogP contribution is -2.15. The Morgan fingerprint density at radius 3 is 2.80 bits per heavy atom. The Kier molecular flexibility index (Phi) is 4.04. The predicted octanol–water partition coefficient (Wildman–Crippen LogP) is 0.966. The van der Waals surface area contributed by atoms with Crippen molar-refractivity contribution in [2.45, 2.75) is 26.9 Å². The summed E-state index contributed by atoms with van der Waals surface area (Å²) in [5.74, 6) is 0.761. The van der Waals surface area contributed by atoms with Gasteiger partial charge in [0.1, 0.15) is 12.2 Å². The van der Waals surface area contributed by atoms with E-state index >= 15 is 0 Å². The lowest BCUT2D eigenvalue weighted by Gasteiger charge is -2.09. The van der Waals surface area contributed by atoms with Gasteiger partial charge in [0.15, 0.2) is 0 Å². The van der Waals surface area contributed by atoms with Gasteiger partial charge in [0.2, 0.25) is 0 Å². The van der Waals surface area contributed by atoms with Gasteiger partial charge in [0, 0.05) is 11.8 Å². The van der Waals surface area contributed by atoms with Crippen molar-refractivity contribution in [2.24, 2.45) is 0 Å². The van der Waals surface area contributed by atoms with E-state index in [-0.39, 0.29) is 10.6 Å². The molecule has 2 aromatic rings. The molecule has 0 saturated heterocycles. The SMILES string of the molecule is CNCc1ncnn1Cc1ncc(C)c([N+](=O)[O-])c1C. The van der Waals surface area contributed by atoms with Crippen molar-refractivity contribution < 1.29 is 4.92 Å². The molecule has 0 aliphatic rings. The molecular formula is C12H16N6O2. The second-order valence-electron chi connectivity index (χ2n) is 4.48. The number of rotatable bonds is 5. The molecule has 0 atom stereocenters. The van der Waals surface area contributed by atoms with Crippen molar-refractivity contribution in [1.29, 1.82) is 0 Å². The van der Waals surface area contributed by atoms with Gasteiger partial charge >= 0.3 is 0 Å². The van der Waals surface area contributed by atoms with E-state index in [1.807, 2.05) is 7.05 Å². The highest BCUT2D eigenvalue weighted by atomic mass is 16.6. The third kappa shape index (κ3) is 2.64. The Labute approximate surface area is 116 Å². The molecule has 0 radical (unpaired) electrons. The maximum absolute atomic E-state index is 11.1. The summed E-state index contributed by atoms with van der Waals surface area (Å²) in [5.41, 5.74) is 1.88. The highest BCUT2D eigenvalue weighted by Crippen LogP contribution is 2.24. The summed E-state index contributed by atoms with van der Waals surface area (Å²) in [6.45, 7) is 4.34. The molecule has 106 valence electrons. The number of aromatic nitrogens is 4. The van der Waals surface area contributed by atoms with Crippen molar-refractivity contribution in [3.63, 3.8) is 0 Å². The van der Waals surface area contributed by atoms with Gasteiger partial charge in [-0.3, -0.25) is 15.1 Å². The molecule has 0 aliphatic carbocycles. The lowest BCUT2D eigenvalue weighted by atomic mass is 10.1. The number of aryl methyl sites for hydroxylation is 1. The van der Waals surface area contributed by atoms with Gasteiger partial charge in [-0.15, -0.1) is 0 Å². The van der Waals surface area contributed by atoms with Crippen LogP contribution >= 0.6 is 0 Å². The first kappa shape index (κ1) is 14.1. The lowest BCUT2D eigenvalue weighted by molar-refractivity contribution is -0.386. The molecule has 20 heavy (non-hydrogen) atoms. The largest absolute Gasteiger partial charge is 0.313 e. The van der Waals surface area contributed by atoms with Gasteiger partial charge in [-0.05, 0) is 20.9 Å². The van der Waals surface area contributed by atoms with Crippen molar-refractivity contribution >= 4 is 5.69 Å². The molecule has 8 nitrogen and oxygen atoms in total. The van der Waals surface area contributed by atoms with Gasteiger partial charge in [-0.2, -0.15) is 5.10 Å². The molecule has 0 fully saturated rings. The maximum atomic E-state index is 11.1. The third-order valence-electron chi connectivity index (χ3n) is 3.09. The van der Waals surface area contributed by atoms with Crippen LogP contribution in [0.2, 0.25) is 0 Å². The molecule has 0 bridgehead atoms. The molecule has 2 heterocycles. The average molecular weight is 276 g/mol. The summed E-state index contributed by atoms with van der Waals surface area (Å²) < 4.78 is 1.69. The summed E-state index contributed by atoms with van der Waals surface area (Å²) in [4.78, 5) is 19.1. The van der Waals surface area contributed by atoms with Crippen molar-refractivity contribution in [3.05, 3.63) is 45.3 Å². The molecule has 2 rings (SSSR count). The predicted molar refractivity (Wildman–Crippen MR) is 72.3 cm³/mol. The first-order valence-corrected chi connectivity index (χ1v) is 6.15. The number of hydrogen-bond acceptors (Lipinski definition) is 6. The highest BCUT2D eigenvalue weighted by Gasteiger charge is 2.19. The normalized spacial score (nSPS) is 10.8. The molecule has 2 aromatic heterocycles. The average Bonchev–Trinajstić information content (AvgIpc) is 2.80. The highest BCUT2D eigenvalue weighted by molar-refractivity contribution is 5.47. The number of pyridine rings is 1. The van der Waals surface area contributed by atoms with Crippen LogP contribution in [-0.4, -0.2) is 31.7 Å². The fraction of sp³-hybridized carbons (Fsp3) is 0.417. The van der Waals surface area contributed by atoms with E-state index in [9.17, 15) is 10.1 Å². The molecule has 0 aromatic carbocycles. The number of nitro groups is 1. The van der Waals surface area contributed by atoms with E-state index < -0.39 is 0 Å². The Bertz CT molecular complexity index is 637. The summed E-state index contributed by atoms with van der Waals surface area (Å²) in [6.07, 6.45) is 2.99. The van der Waals surface area contributed by atoms with Crippen LogP contribution in [0, 0.1) is 24.0 Å². The summed E-state index contributed by atoms with van der Waals surface area (Å²) in [7, 11) is 1.82. The van der Waals surface area contributed by atoms with Crippen LogP contribution in [0.15, 0.2) is 12.5 Å². The Morgan fingerprint density at radius 2 is 2.15 bits per heavy atom. The van der Waals surface area contributed by atoms with E-state index in [1.54, 1.807) is 18.5 Å². The van der Waals surface area contributed by atoms with Gasteiger partial charge in [-0.1, -0.05) is 0 Å².